The lowest BCUT2D eigenvalue weighted by Gasteiger charge is -2.26. The molecule has 0 aliphatic carbocycles. The lowest BCUT2D eigenvalue weighted by molar-refractivity contribution is 0.348. The first kappa shape index (κ1) is 13.2. The molecule has 0 radical (unpaired) electrons. The molecule has 0 N–H and O–H groups in total. The summed E-state index contributed by atoms with van der Waals surface area (Å²) in [6, 6.07) is 18.5. The third-order valence-electron chi connectivity index (χ3n) is 3.87. The Morgan fingerprint density at radius 1 is 1.05 bits per heavy atom. The quantitative estimate of drug-likeness (QED) is 0.815. The minimum Gasteiger partial charge on any atom is -0.299 e. The van der Waals surface area contributed by atoms with Gasteiger partial charge in [0.15, 0.2) is 0 Å². The molecule has 0 aromatic heterocycles. The molecule has 0 fully saturated rings. The Hall–Kier alpha value is -1.80. The van der Waals surface area contributed by atoms with Crippen LogP contribution in [0.15, 0.2) is 59.7 Å². The van der Waals surface area contributed by atoms with Crippen molar-refractivity contribution < 1.29 is 0 Å². The Morgan fingerprint density at radius 2 is 1.70 bits per heavy atom. The molecule has 2 aromatic carbocycles. The van der Waals surface area contributed by atoms with Crippen molar-refractivity contribution in [3.63, 3.8) is 0 Å². The first-order valence-electron chi connectivity index (χ1n) is 6.71. The van der Waals surface area contributed by atoms with Crippen LogP contribution >= 0.6 is 11.6 Å². The molecular weight excluding hydrogens is 268 g/mol. The molecule has 2 aromatic rings. The summed E-state index contributed by atoms with van der Waals surface area (Å²) in [6.07, 6.45) is 0. The Bertz CT molecular complexity index is 634. The second kappa shape index (κ2) is 4.95. The average molecular weight is 285 g/mol. The maximum atomic E-state index is 5.98. The van der Waals surface area contributed by atoms with E-state index in [0.29, 0.717) is 0 Å². The van der Waals surface area contributed by atoms with Crippen LogP contribution in [0, 0.1) is 0 Å². The van der Waals surface area contributed by atoms with Crippen LogP contribution in [0.3, 0.4) is 0 Å². The molecule has 0 saturated carbocycles. The predicted molar refractivity (Wildman–Crippen MR) is 84.4 cm³/mol. The van der Waals surface area contributed by atoms with E-state index in [1.807, 2.05) is 42.4 Å². The molecule has 1 unspecified atom stereocenters. The fourth-order valence-electron chi connectivity index (χ4n) is 2.87. The molecule has 0 saturated heterocycles. The number of benzene rings is 2. The smallest absolute Gasteiger partial charge is 0.0798 e. The van der Waals surface area contributed by atoms with Crippen molar-refractivity contribution in [1.82, 2.24) is 5.01 Å². The van der Waals surface area contributed by atoms with Gasteiger partial charge in [-0.1, -0.05) is 54.1 Å². The first-order valence-corrected chi connectivity index (χ1v) is 7.09. The van der Waals surface area contributed by atoms with Gasteiger partial charge in [0.1, 0.15) is 0 Å². The third kappa shape index (κ3) is 2.20. The van der Waals surface area contributed by atoms with Crippen LogP contribution in [0.4, 0.5) is 0 Å². The normalized spacial score (nSPS) is 21.9. The Kier molecular flexibility index (Phi) is 3.27. The van der Waals surface area contributed by atoms with Crippen LogP contribution in [0.2, 0.25) is 5.02 Å². The SMILES string of the molecule is CN1CC(C)(c2ccccc2)C(c2ccc(Cl)cc2)=N1. The van der Waals surface area contributed by atoms with Gasteiger partial charge in [-0.2, -0.15) is 5.10 Å². The molecule has 3 rings (SSSR count). The van der Waals surface area contributed by atoms with Gasteiger partial charge in [0.2, 0.25) is 0 Å². The highest BCUT2D eigenvalue weighted by Crippen LogP contribution is 2.34. The van der Waals surface area contributed by atoms with Gasteiger partial charge in [0, 0.05) is 12.1 Å². The molecule has 0 spiro atoms. The summed E-state index contributed by atoms with van der Waals surface area (Å²) in [6.45, 7) is 3.13. The van der Waals surface area contributed by atoms with Gasteiger partial charge in [-0.05, 0) is 30.2 Å². The Labute approximate surface area is 124 Å². The Morgan fingerprint density at radius 3 is 2.35 bits per heavy atom. The molecule has 3 heteroatoms. The number of hydrogen-bond donors (Lipinski definition) is 0. The zero-order chi connectivity index (χ0) is 14.2. The third-order valence-corrected chi connectivity index (χ3v) is 4.12. The van der Waals surface area contributed by atoms with Crippen LogP contribution < -0.4 is 0 Å². The molecule has 102 valence electrons. The van der Waals surface area contributed by atoms with Crippen molar-refractivity contribution in [1.29, 1.82) is 0 Å². The number of nitrogens with zero attached hydrogens (tertiary/aromatic N) is 2. The van der Waals surface area contributed by atoms with Crippen molar-refractivity contribution in [3.8, 4) is 0 Å². The minimum atomic E-state index is -0.0934. The molecule has 1 atom stereocenters. The largest absolute Gasteiger partial charge is 0.299 e. The summed E-state index contributed by atoms with van der Waals surface area (Å²) in [7, 11) is 2.02. The van der Waals surface area contributed by atoms with Crippen molar-refractivity contribution in [2.45, 2.75) is 12.3 Å². The van der Waals surface area contributed by atoms with E-state index >= 15 is 0 Å². The van der Waals surface area contributed by atoms with E-state index in [1.165, 1.54) is 5.56 Å². The predicted octanol–water partition coefficient (Wildman–Crippen LogP) is 3.95. The number of halogens is 1. The summed E-state index contributed by atoms with van der Waals surface area (Å²) >= 11 is 5.98. The molecular formula is C17H17ClN2. The number of likely N-dealkylation sites (N-methyl/N-ethyl adjacent to an activating group) is 1. The van der Waals surface area contributed by atoms with Crippen LogP contribution in [0.1, 0.15) is 18.1 Å². The fraction of sp³-hybridized carbons (Fsp3) is 0.235. The maximum Gasteiger partial charge on any atom is 0.0798 e. The van der Waals surface area contributed by atoms with E-state index in [-0.39, 0.29) is 5.41 Å². The fourth-order valence-corrected chi connectivity index (χ4v) is 2.99. The highest BCUT2D eigenvalue weighted by molar-refractivity contribution is 6.30. The van der Waals surface area contributed by atoms with Crippen molar-refractivity contribution in [3.05, 3.63) is 70.7 Å². The van der Waals surface area contributed by atoms with Crippen molar-refractivity contribution >= 4 is 17.3 Å². The lowest BCUT2D eigenvalue weighted by Crippen LogP contribution is -2.35. The summed E-state index contributed by atoms with van der Waals surface area (Å²) in [5.74, 6) is 0. The summed E-state index contributed by atoms with van der Waals surface area (Å²) in [5, 5.41) is 7.49. The highest BCUT2D eigenvalue weighted by atomic mass is 35.5. The van der Waals surface area contributed by atoms with Gasteiger partial charge >= 0.3 is 0 Å². The summed E-state index contributed by atoms with van der Waals surface area (Å²) in [5.41, 5.74) is 3.43. The Balaban J connectivity index is 2.08. The van der Waals surface area contributed by atoms with Gasteiger partial charge in [-0.3, -0.25) is 5.01 Å². The second-order valence-corrected chi connectivity index (χ2v) is 5.91. The number of rotatable bonds is 2. The molecule has 2 nitrogen and oxygen atoms in total. The molecule has 20 heavy (non-hydrogen) atoms. The molecule has 1 heterocycles. The summed E-state index contributed by atoms with van der Waals surface area (Å²) in [4.78, 5) is 0. The number of hydrogen-bond acceptors (Lipinski definition) is 2. The second-order valence-electron chi connectivity index (χ2n) is 5.47. The van der Waals surface area contributed by atoms with Gasteiger partial charge in [-0.25, -0.2) is 0 Å². The average Bonchev–Trinajstić information content (AvgIpc) is 2.77. The van der Waals surface area contributed by atoms with Gasteiger partial charge in [0.05, 0.1) is 17.7 Å². The van der Waals surface area contributed by atoms with Crippen molar-refractivity contribution in [2.24, 2.45) is 5.10 Å². The highest BCUT2D eigenvalue weighted by Gasteiger charge is 2.39. The molecule has 0 bridgehead atoms. The van der Waals surface area contributed by atoms with E-state index in [0.717, 1.165) is 22.8 Å². The zero-order valence-corrected chi connectivity index (χ0v) is 12.4. The van der Waals surface area contributed by atoms with Crippen LogP contribution in [-0.4, -0.2) is 24.3 Å². The zero-order valence-electron chi connectivity index (χ0n) is 11.7. The van der Waals surface area contributed by atoms with Gasteiger partial charge in [-0.15, -0.1) is 0 Å². The van der Waals surface area contributed by atoms with Crippen LogP contribution in [0.5, 0.6) is 0 Å². The van der Waals surface area contributed by atoms with Gasteiger partial charge < -0.3 is 0 Å². The monoisotopic (exact) mass is 284 g/mol. The van der Waals surface area contributed by atoms with E-state index in [2.05, 4.69) is 31.2 Å². The minimum absolute atomic E-state index is 0.0934. The topological polar surface area (TPSA) is 15.6 Å². The van der Waals surface area contributed by atoms with Crippen LogP contribution in [-0.2, 0) is 5.41 Å². The molecule has 1 aliphatic heterocycles. The molecule has 1 aliphatic rings. The lowest BCUT2D eigenvalue weighted by atomic mass is 9.76. The number of hydrazone groups is 1. The standard InChI is InChI=1S/C17H17ClN2/c1-17(14-6-4-3-5-7-14)12-20(2)19-16(17)13-8-10-15(18)11-9-13/h3-11H,12H2,1-2H3. The van der Waals surface area contributed by atoms with E-state index in [1.54, 1.807) is 0 Å². The first-order chi connectivity index (χ1) is 9.59. The maximum absolute atomic E-state index is 5.98. The van der Waals surface area contributed by atoms with E-state index in [9.17, 15) is 0 Å². The van der Waals surface area contributed by atoms with E-state index < -0.39 is 0 Å². The summed E-state index contributed by atoms with van der Waals surface area (Å²) < 4.78 is 0. The van der Waals surface area contributed by atoms with Gasteiger partial charge in [0.25, 0.3) is 0 Å². The van der Waals surface area contributed by atoms with E-state index in [4.69, 9.17) is 16.7 Å². The van der Waals surface area contributed by atoms with Crippen LogP contribution in [0.25, 0.3) is 0 Å². The van der Waals surface area contributed by atoms with Crippen molar-refractivity contribution in [2.75, 3.05) is 13.6 Å². The molecule has 0 amide bonds.